The summed E-state index contributed by atoms with van der Waals surface area (Å²) in [5.74, 6) is 6.74. The molecule has 4 aromatic rings. The van der Waals surface area contributed by atoms with E-state index < -0.39 is 0 Å². The van der Waals surface area contributed by atoms with E-state index in [2.05, 4.69) is 27.1 Å². The predicted molar refractivity (Wildman–Crippen MR) is 105 cm³/mol. The topological polar surface area (TPSA) is 57.8 Å². The summed E-state index contributed by atoms with van der Waals surface area (Å²) in [4.78, 5) is 4.52. The zero-order valence-corrected chi connectivity index (χ0v) is 15.6. The Bertz CT molecular complexity index is 1280. The SMILES string of the molecule is COc1ccc2c(c1)-n1nncc1Cc1c(C#CCc3cccc(F)c3)ncn1-2. The number of halogens is 1. The van der Waals surface area contributed by atoms with Crippen molar-refractivity contribution in [2.45, 2.75) is 12.8 Å². The predicted octanol–water partition coefficient (Wildman–Crippen LogP) is 3.10. The van der Waals surface area contributed by atoms with Gasteiger partial charge >= 0.3 is 0 Å². The third kappa shape index (κ3) is 3.05. The Labute approximate surface area is 166 Å². The zero-order chi connectivity index (χ0) is 19.8. The Hall–Kier alpha value is -3.92. The van der Waals surface area contributed by atoms with E-state index in [9.17, 15) is 4.39 Å². The lowest BCUT2D eigenvalue weighted by Crippen LogP contribution is -2.03. The minimum absolute atomic E-state index is 0.257. The summed E-state index contributed by atoms with van der Waals surface area (Å²) in [6.07, 6.45) is 4.56. The summed E-state index contributed by atoms with van der Waals surface area (Å²) >= 11 is 0. The molecule has 0 bridgehead atoms. The minimum Gasteiger partial charge on any atom is -0.497 e. The first-order chi connectivity index (χ1) is 14.2. The van der Waals surface area contributed by atoms with Gasteiger partial charge in [-0.05, 0) is 35.7 Å². The molecular weight excluding hydrogens is 369 g/mol. The van der Waals surface area contributed by atoms with E-state index in [1.165, 1.54) is 12.1 Å². The number of nitrogens with zero attached hydrogens (tertiary/aromatic N) is 5. The van der Waals surface area contributed by atoms with Crippen LogP contribution in [0.25, 0.3) is 11.4 Å². The van der Waals surface area contributed by atoms with Crippen molar-refractivity contribution in [2.24, 2.45) is 0 Å². The van der Waals surface area contributed by atoms with E-state index in [4.69, 9.17) is 4.74 Å². The molecule has 7 heteroatoms. The fourth-order valence-corrected chi connectivity index (χ4v) is 3.49. The number of ether oxygens (including phenoxy) is 1. The van der Waals surface area contributed by atoms with Crippen molar-refractivity contribution in [2.75, 3.05) is 7.11 Å². The van der Waals surface area contributed by atoms with E-state index in [1.54, 1.807) is 25.7 Å². The molecule has 2 aromatic carbocycles. The van der Waals surface area contributed by atoms with E-state index in [-0.39, 0.29) is 5.82 Å². The molecule has 0 spiro atoms. The maximum absolute atomic E-state index is 13.4. The molecule has 0 radical (unpaired) electrons. The quantitative estimate of drug-likeness (QED) is 0.438. The number of imidazole rings is 1. The average molecular weight is 385 g/mol. The highest BCUT2D eigenvalue weighted by molar-refractivity contribution is 5.59. The van der Waals surface area contributed by atoms with Crippen molar-refractivity contribution in [1.29, 1.82) is 0 Å². The van der Waals surface area contributed by atoms with Crippen molar-refractivity contribution in [3.05, 3.63) is 83.5 Å². The molecule has 2 aromatic heterocycles. The number of methoxy groups -OCH3 is 1. The number of hydrogen-bond donors (Lipinski definition) is 0. The number of rotatable bonds is 2. The molecule has 142 valence electrons. The molecule has 1 aliphatic heterocycles. The van der Waals surface area contributed by atoms with Gasteiger partial charge < -0.3 is 4.74 Å². The number of benzene rings is 2. The standard InChI is InChI=1S/C22H16FN5O/c1-29-18-8-9-20-22(12-18)28-17(13-25-26-28)11-21-19(24-14-27(20)21)7-3-5-15-4-2-6-16(23)10-15/h2,4,6,8-10,12-14H,5,11H2,1H3. The van der Waals surface area contributed by atoms with Crippen molar-refractivity contribution in [1.82, 2.24) is 24.5 Å². The number of hydrogen-bond acceptors (Lipinski definition) is 4. The van der Waals surface area contributed by atoms with Crippen LogP contribution in [-0.4, -0.2) is 31.7 Å². The Morgan fingerprint density at radius 1 is 1.17 bits per heavy atom. The second-order valence-corrected chi connectivity index (χ2v) is 6.69. The monoisotopic (exact) mass is 385 g/mol. The maximum Gasteiger partial charge on any atom is 0.135 e. The summed E-state index contributed by atoms with van der Waals surface area (Å²) < 4.78 is 22.6. The maximum atomic E-state index is 13.4. The summed E-state index contributed by atoms with van der Waals surface area (Å²) in [6.45, 7) is 0. The van der Waals surface area contributed by atoms with Crippen molar-refractivity contribution in [3.8, 4) is 29.0 Å². The molecule has 0 amide bonds. The van der Waals surface area contributed by atoms with Crippen molar-refractivity contribution < 1.29 is 9.13 Å². The van der Waals surface area contributed by atoms with Gasteiger partial charge in [-0.15, -0.1) is 5.10 Å². The van der Waals surface area contributed by atoms with Gasteiger partial charge in [-0.2, -0.15) is 0 Å². The van der Waals surface area contributed by atoms with Gasteiger partial charge in [0.2, 0.25) is 0 Å². The van der Waals surface area contributed by atoms with Gasteiger partial charge in [0, 0.05) is 18.9 Å². The van der Waals surface area contributed by atoms with Crippen LogP contribution in [0.2, 0.25) is 0 Å². The van der Waals surface area contributed by atoms with Crippen LogP contribution < -0.4 is 4.74 Å². The van der Waals surface area contributed by atoms with E-state index in [0.29, 0.717) is 18.5 Å². The Balaban J connectivity index is 1.57. The van der Waals surface area contributed by atoms with Crippen molar-refractivity contribution in [3.63, 3.8) is 0 Å². The third-order valence-electron chi connectivity index (χ3n) is 4.89. The summed E-state index contributed by atoms with van der Waals surface area (Å²) in [6, 6.07) is 12.3. The molecule has 0 saturated heterocycles. The molecule has 29 heavy (non-hydrogen) atoms. The molecular formula is C22H16FN5O. The molecule has 0 N–H and O–H groups in total. The fraction of sp³-hybridized carbons (Fsp3) is 0.136. The van der Waals surface area contributed by atoms with Gasteiger partial charge in [-0.3, -0.25) is 4.57 Å². The third-order valence-corrected chi connectivity index (χ3v) is 4.89. The molecule has 6 nitrogen and oxygen atoms in total. The molecule has 0 atom stereocenters. The molecule has 0 saturated carbocycles. The van der Waals surface area contributed by atoms with Crippen LogP contribution in [0.15, 0.2) is 55.0 Å². The highest BCUT2D eigenvalue weighted by Crippen LogP contribution is 2.30. The highest BCUT2D eigenvalue weighted by atomic mass is 19.1. The van der Waals surface area contributed by atoms with Crippen LogP contribution in [0.4, 0.5) is 4.39 Å². The van der Waals surface area contributed by atoms with Gasteiger partial charge in [0.1, 0.15) is 23.6 Å². The lowest BCUT2D eigenvalue weighted by Gasteiger charge is -2.11. The van der Waals surface area contributed by atoms with Gasteiger partial charge in [0.15, 0.2) is 0 Å². The van der Waals surface area contributed by atoms with Gasteiger partial charge in [0.25, 0.3) is 0 Å². The lowest BCUT2D eigenvalue weighted by atomic mass is 10.1. The average Bonchev–Trinajstić information content (AvgIpc) is 3.33. The summed E-state index contributed by atoms with van der Waals surface area (Å²) in [7, 11) is 1.63. The van der Waals surface area contributed by atoms with Crippen LogP contribution in [0.3, 0.4) is 0 Å². The highest BCUT2D eigenvalue weighted by Gasteiger charge is 2.23. The lowest BCUT2D eigenvalue weighted by molar-refractivity contribution is 0.414. The molecule has 5 rings (SSSR count). The van der Waals surface area contributed by atoms with E-state index in [0.717, 1.165) is 34.1 Å². The Morgan fingerprint density at radius 3 is 2.97 bits per heavy atom. The largest absolute Gasteiger partial charge is 0.497 e. The Morgan fingerprint density at radius 2 is 2.10 bits per heavy atom. The number of aromatic nitrogens is 5. The molecule has 3 heterocycles. The summed E-state index contributed by atoms with van der Waals surface area (Å²) in [5, 5.41) is 8.31. The first-order valence-corrected chi connectivity index (χ1v) is 9.11. The van der Waals surface area contributed by atoms with Crippen LogP contribution in [0.1, 0.15) is 22.6 Å². The zero-order valence-electron chi connectivity index (χ0n) is 15.6. The summed E-state index contributed by atoms with van der Waals surface area (Å²) in [5.41, 5.74) is 5.22. The van der Waals surface area contributed by atoms with Crippen LogP contribution in [-0.2, 0) is 12.8 Å². The second-order valence-electron chi connectivity index (χ2n) is 6.69. The van der Waals surface area contributed by atoms with Gasteiger partial charge in [-0.1, -0.05) is 23.3 Å². The number of fused-ring (bicyclic) bond motifs is 5. The first kappa shape index (κ1) is 17.2. The van der Waals surface area contributed by atoms with Gasteiger partial charge in [-0.25, -0.2) is 14.1 Å². The molecule has 0 fully saturated rings. The minimum atomic E-state index is -0.257. The van der Waals surface area contributed by atoms with Gasteiger partial charge in [0.05, 0.1) is 36.1 Å². The molecule has 1 aliphatic rings. The smallest absolute Gasteiger partial charge is 0.135 e. The van der Waals surface area contributed by atoms with Crippen LogP contribution in [0, 0.1) is 17.7 Å². The molecule has 0 aliphatic carbocycles. The van der Waals surface area contributed by atoms with Crippen LogP contribution >= 0.6 is 0 Å². The first-order valence-electron chi connectivity index (χ1n) is 9.11. The molecule has 0 unspecified atom stereocenters. The van der Waals surface area contributed by atoms with Crippen LogP contribution in [0.5, 0.6) is 5.75 Å². The fourth-order valence-electron chi connectivity index (χ4n) is 3.49. The van der Waals surface area contributed by atoms with E-state index >= 15 is 0 Å². The Kier molecular flexibility index (Phi) is 4.10. The second kappa shape index (κ2) is 6.91. The normalized spacial score (nSPS) is 11.5. The van der Waals surface area contributed by atoms with E-state index in [1.807, 2.05) is 33.5 Å². The van der Waals surface area contributed by atoms with Crippen molar-refractivity contribution >= 4 is 0 Å².